The standard InChI is InChI=1S/C27H38O6/c1-5-31-23(28)13-20-24-19-12-16(32-14-29-3)6-7-17(19)18-10-11-27(2)21(25(18)26(20)24)8-9-22(27)33-15-30-4/h6-7,12,18,20-22,24-26H,5,8-11,13-15H2,1-4H3/t18-,20?,21+,22+,24-,25-,26?,27+/m1/s1. The molecule has 0 spiro atoms. The highest BCUT2D eigenvalue weighted by Gasteiger charge is 2.67. The van der Waals surface area contributed by atoms with Crippen LogP contribution in [0.25, 0.3) is 0 Å². The lowest BCUT2D eigenvalue weighted by Crippen LogP contribution is -2.45. The summed E-state index contributed by atoms with van der Waals surface area (Å²) in [7, 11) is 3.34. The van der Waals surface area contributed by atoms with E-state index in [0.717, 1.165) is 12.2 Å². The molecular formula is C27H38O6. The van der Waals surface area contributed by atoms with E-state index in [2.05, 4.69) is 25.1 Å². The number of hydrogen-bond donors (Lipinski definition) is 0. The van der Waals surface area contributed by atoms with Gasteiger partial charge in [-0.25, -0.2) is 0 Å². The lowest BCUT2D eigenvalue weighted by Gasteiger charge is -2.50. The first-order valence-electron chi connectivity index (χ1n) is 12.5. The van der Waals surface area contributed by atoms with Crippen LogP contribution in [-0.4, -0.2) is 46.5 Å². The molecule has 2 unspecified atom stereocenters. The van der Waals surface area contributed by atoms with Gasteiger partial charge in [-0.2, -0.15) is 0 Å². The van der Waals surface area contributed by atoms with Crippen molar-refractivity contribution in [1.29, 1.82) is 0 Å². The second-order valence-corrected chi connectivity index (χ2v) is 10.6. The summed E-state index contributed by atoms with van der Waals surface area (Å²) in [6.45, 7) is 5.38. The number of ether oxygens (including phenoxy) is 5. The van der Waals surface area contributed by atoms with Crippen molar-refractivity contribution in [1.82, 2.24) is 0 Å². The van der Waals surface area contributed by atoms with E-state index >= 15 is 0 Å². The zero-order valence-corrected chi connectivity index (χ0v) is 20.4. The van der Waals surface area contributed by atoms with Gasteiger partial charge in [-0.05, 0) is 96.8 Å². The molecule has 0 aliphatic heterocycles. The van der Waals surface area contributed by atoms with E-state index in [4.69, 9.17) is 23.7 Å². The molecule has 0 aromatic heterocycles. The van der Waals surface area contributed by atoms with Crippen molar-refractivity contribution in [3.63, 3.8) is 0 Å². The Balaban J connectivity index is 1.46. The van der Waals surface area contributed by atoms with Gasteiger partial charge < -0.3 is 23.7 Å². The Kier molecular flexibility index (Phi) is 6.45. The van der Waals surface area contributed by atoms with Crippen molar-refractivity contribution < 1.29 is 28.5 Å². The molecule has 4 aliphatic carbocycles. The third-order valence-electron chi connectivity index (χ3n) is 9.17. The number of rotatable bonds is 9. The predicted octanol–water partition coefficient (Wildman–Crippen LogP) is 4.86. The first-order chi connectivity index (χ1) is 16.0. The third kappa shape index (κ3) is 3.88. The summed E-state index contributed by atoms with van der Waals surface area (Å²) in [5.41, 5.74) is 3.04. The number of benzene rings is 1. The van der Waals surface area contributed by atoms with E-state index in [1.54, 1.807) is 14.2 Å². The van der Waals surface area contributed by atoms with Crippen LogP contribution in [0.3, 0.4) is 0 Å². The normalized spacial score (nSPS) is 38.0. The third-order valence-corrected chi connectivity index (χ3v) is 9.17. The van der Waals surface area contributed by atoms with Crippen molar-refractivity contribution in [2.45, 2.75) is 63.9 Å². The maximum atomic E-state index is 12.5. The fraction of sp³-hybridized carbons (Fsp3) is 0.741. The minimum absolute atomic E-state index is 0.0620. The average molecular weight is 459 g/mol. The average Bonchev–Trinajstić information content (AvgIpc) is 3.41. The SMILES string of the molecule is CCOC(=O)CC1C2[C@@H]1c1cc(OCOC)ccc1[C@H]1CC[C@]3(C)[C@@H](OCOC)CC[C@H]3[C@H]21. The number of hydrogen-bond acceptors (Lipinski definition) is 6. The van der Waals surface area contributed by atoms with Crippen molar-refractivity contribution in [3.05, 3.63) is 29.3 Å². The molecule has 182 valence electrons. The minimum Gasteiger partial charge on any atom is -0.468 e. The molecule has 33 heavy (non-hydrogen) atoms. The van der Waals surface area contributed by atoms with Gasteiger partial charge in [-0.15, -0.1) is 0 Å². The van der Waals surface area contributed by atoms with Crippen LogP contribution in [-0.2, 0) is 23.7 Å². The van der Waals surface area contributed by atoms with E-state index in [-0.39, 0.29) is 24.3 Å². The van der Waals surface area contributed by atoms with Crippen LogP contribution in [0, 0.1) is 29.1 Å². The lowest BCUT2D eigenvalue weighted by atomic mass is 9.55. The van der Waals surface area contributed by atoms with E-state index in [1.807, 2.05) is 6.92 Å². The first kappa shape index (κ1) is 23.1. The Morgan fingerprint density at radius 2 is 1.88 bits per heavy atom. The van der Waals surface area contributed by atoms with Gasteiger partial charge in [0, 0.05) is 20.6 Å². The minimum atomic E-state index is -0.0620. The van der Waals surface area contributed by atoms with Gasteiger partial charge in [-0.3, -0.25) is 4.79 Å². The van der Waals surface area contributed by atoms with Crippen LogP contribution in [0.1, 0.15) is 68.9 Å². The van der Waals surface area contributed by atoms with Gasteiger partial charge in [0.1, 0.15) is 12.5 Å². The predicted molar refractivity (Wildman–Crippen MR) is 123 cm³/mol. The Morgan fingerprint density at radius 3 is 2.64 bits per heavy atom. The van der Waals surface area contributed by atoms with Crippen LogP contribution in [0.5, 0.6) is 5.75 Å². The van der Waals surface area contributed by atoms with E-state index in [0.29, 0.717) is 55.3 Å². The maximum Gasteiger partial charge on any atom is 0.306 e. The summed E-state index contributed by atoms with van der Waals surface area (Å²) in [4.78, 5) is 12.5. The summed E-state index contributed by atoms with van der Waals surface area (Å²) in [5.74, 6) is 3.87. The molecule has 0 amide bonds. The van der Waals surface area contributed by atoms with E-state index in [9.17, 15) is 4.79 Å². The number of fused-ring (bicyclic) bond motifs is 8. The summed E-state index contributed by atoms with van der Waals surface area (Å²) in [6.07, 6.45) is 5.42. The summed E-state index contributed by atoms with van der Waals surface area (Å²) in [5, 5.41) is 0. The molecule has 0 bridgehead atoms. The molecule has 8 atom stereocenters. The number of esters is 1. The summed E-state index contributed by atoms with van der Waals surface area (Å²) >= 11 is 0. The van der Waals surface area contributed by atoms with Gasteiger partial charge >= 0.3 is 5.97 Å². The number of carbonyl (C=O) groups excluding carboxylic acids is 1. The second kappa shape index (κ2) is 9.20. The van der Waals surface area contributed by atoms with Gasteiger partial charge in [0.15, 0.2) is 6.79 Å². The molecule has 6 nitrogen and oxygen atoms in total. The quantitative estimate of drug-likeness (QED) is 0.389. The van der Waals surface area contributed by atoms with Crippen LogP contribution >= 0.6 is 0 Å². The highest BCUT2D eigenvalue weighted by molar-refractivity contribution is 5.71. The molecule has 1 aromatic rings. The fourth-order valence-electron chi connectivity index (χ4n) is 7.90. The van der Waals surface area contributed by atoms with Crippen molar-refractivity contribution in [2.24, 2.45) is 29.1 Å². The lowest BCUT2D eigenvalue weighted by molar-refractivity contribution is -0.143. The number of carbonyl (C=O) groups is 1. The molecule has 4 aliphatic rings. The molecule has 1 aromatic carbocycles. The smallest absolute Gasteiger partial charge is 0.306 e. The van der Waals surface area contributed by atoms with E-state index < -0.39 is 0 Å². The topological polar surface area (TPSA) is 63.2 Å². The molecule has 0 saturated heterocycles. The van der Waals surface area contributed by atoms with Gasteiger partial charge in [-0.1, -0.05) is 13.0 Å². The number of methoxy groups -OCH3 is 2. The Bertz CT molecular complexity index is 870. The monoisotopic (exact) mass is 458 g/mol. The molecular weight excluding hydrogens is 420 g/mol. The maximum absolute atomic E-state index is 12.5. The van der Waals surface area contributed by atoms with Crippen molar-refractivity contribution >= 4 is 5.97 Å². The molecule has 3 saturated carbocycles. The largest absolute Gasteiger partial charge is 0.468 e. The van der Waals surface area contributed by atoms with Gasteiger partial charge in [0.05, 0.1) is 12.7 Å². The molecule has 6 heteroatoms. The molecule has 0 N–H and O–H groups in total. The highest BCUT2D eigenvalue weighted by Crippen LogP contribution is 2.73. The zero-order valence-electron chi connectivity index (χ0n) is 20.4. The van der Waals surface area contributed by atoms with E-state index in [1.165, 1.54) is 30.4 Å². The summed E-state index contributed by atoms with van der Waals surface area (Å²) in [6, 6.07) is 6.58. The fourth-order valence-corrected chi connectivity index (χ4v) is 7.90. The van der Waals surface area contributed by atoms with Crippen molar-refractivity contribution in [3.8, 4) is 5.75 Å². The zero-order chi connectivity index (χ0) is 23.2. The second-order valence-electron chi connectivity index (χ2n) is 10.6. The van der Waals surface area contributed by atoms with Gasteiger partial charge in [0.2, 0.25) is 0 Å². The molecule has 3 fully saturated rings. The van der Waals surface area contributed by atoms with Crippen LogP contribution in [0.4, 0.5) is 0 Å². The molecule has 5 rings (SSSR count). The first-order valence-corrected chi connectivity index (χ1v) is 12.5. The van der Waals surface area contributed by atoms with Crippen LogP contribution < -0.4 is 4.74 Å². The van der Waals surface area contributed by atoms with Crippen molar-refractivity contribution in [2.75, 3.05) is 34.4 Å². The highest BCUT2D eigenvalue weighted by atomic mass is 16.7. The van der Waals surface area contributed by atoms with Crippen LogP contribution in [0.15, 0.2) is 18.2 Å². The Hall–Kier alpha value is -1.63. The molecule has 0 heterocycles. The Morgan fingerprint density at radius 1 is 1.06 bits per heavy atom. The Labute approximate surface area is 197 Å². The van der Waals surface area contributed by atoms with Gasteiger partial charge in [0.25, 0.3) is 0 Å². The molecule has 0 radical (unpaired) electrons. The summed E-state index contributed by atoms with van der Waals surface area (Å²) < 4.78 is 27.6. The van der Waals surface area contributed by atoms with Crippen LogP contribution in [0.2, 0.25) is 0 Å².